The predicted molar refractivity (Wildman–Crippen MR) is 63.3 cm³/mol. The fraction of sp³-hybridized carbons (Fsp3) is 0.250. The molecule has 1 aromatic rings. The molecule has 0 unspecified atom stereocenters. The molecule has 0 saturated heterocycles. The molecule has 0 saturated carbocycles. The molecule has 0 bridgehead atoms. The Bertz CT molecular complexity index is 458. The topological polar surface area (TPSA) is 171 Å². The lowest BCUT2D eigenvalue weighted by molar-refractivity contribution is -0.757. The lowest BCUT2D eigenvalue weighted by atomic mass is 10.3. The van der Waals surface area contributed by atoms with E-state index < -0.39 is 15.1 Å². The van der Waals surface area contributed by atoms with Crippen molar-refractivity contribution in [2.45, 2.75) is 0 Å². The highest BCUT2D eigenvalue weighted by Crippen LogP contribution is 2.14. The van der Waals surface area contributed by atoms with Crippen LogP contribution in [0, 0.1) is 30.3 Å². The Balaban J connectivity index is 0.000000796. The predicted octanol–water partition coefficient (Wildman–Crippen LogP) is 0.867. The maximum atomic E-state index is 10.3. The van der Waals surface area contributed by atoms with Crippen LogP contribution in [0.15, 0.2) is 24.3 Å². The molecule has 1 rings (SSSR count). The van der Waals surface area contributed by atoms with E-state index in [9.17, 15) is 20.2 Å². The van der Waals surface area contributed by atoms with Gasteiger partial charge in [0.05, 0.1) is 4.92 Å². The maximum absolute atomic E-state index is 10.3. The molecular weight excluding hydrogens is 280 g/mol. The Hall–Kier alpha value is -3.18. The molecular formula is C8H10N4O8. The zero-order valence-electron chi connectivity index (χ0n) is 9.87. The summed E-state index contributed by atoms with van der Waals surface area (Å²) in [4.78, 5) is 32.1. The van der Waals surface area contributed by atoms with Crippen molar-refractivity contribution >= 4 is 11.4 Å². The number of non-ortho nitro benzene ring substituents is 1. The number of rotatable bonds is 6. The molecule has 2 N–H and O–H groups in total. The van der Waals surface area contributed by atoms with Crippen LogP contribution in [0.2, 0.25) is 0 Å². The monoisotopic (exact) mass is 290 g/mol. The number of hydrogen-bond donors (Lipinski definition) is 2. The van der Waals surface area contributed by atoms with Crippen LogP contribution >= 0.6 is 0 Å². The van der Waals surface area contributed by atoms with Crippen molar-refractivity contribution < 1.29 is 25.1 Å². The molecule has 20 heavy (non-hydrogen) atoms. The van der Waals surface area contributed by atoms with E-state index in [1.807, 2.05) is 0 Å². The molecule has 0 aliphatic heterocycles. The van der Waals surface area contributed by atoms with E-state index in [2.05, 4.69) is 10.2 Å². The zero-order chi connectivity index (χ0) is 15.5. The molecule has 110 valence electrons. The summed E-state index contributed by atoms with van der Waals surface area (Å²) in [7, 11) is 0. The Morgan fingerprint density at radius 2 is 1.60 bits per heavy atom. The van der Waals surface area contributed by atoms with Crippen molar-refractivity contribution in [3.05, 3.63) is 54.6 Å². The fourth-order valence-electron chi connectivity index (χ4n) is 1.02. The first-order valence-electron chi connectivity index (χ1n) is 4.92. The highest BCUT2D eigenvalue weighted by molar-refractivity contribution is 5.48. The van der Waals surface area contributed by atoms with Gasteiger partial charge in [-0.3, -0.25) is 10.1 Å². The SMILES string of the molecule is O=[N+]([O-])O.O=[N+]([O-])OCCNc1ccc([N+](=O)[O-])cc1. The van der Waals surface area contributed by atoms with Crippen LogP contribution in [0.1, 0.15) is 0 Å². The summed E-state index contributed by atoms with van der Waals surface area (Å²) in [5, 5.41) is 35.7. The first-order valence-corrected chi connectivity index (χ1v) is 4.92. The summed E-state index contributed by atoms with van der Waals surface area (Å²) >= 11 is 0. The summed E-state index contributed by atoms with van der Waals surface area (Å²) in [6.45, 7) is 0.169. The van der Waals surface area contributed by atoms with Gasteiger partial charge in [-0.2, -0.15) is 0 Å². The summed E-state index contributed by atoms with van der Waals surface area (Å²) in [6, 6.07) is 5.72. The number of nitro groups is 1. The number of nitro benzene ring substituents is 1. The third kappa shape index (κ3) is 8.91. The molecule has 0 atom stereocenters. The Labute approximate surface area is 110 Å². The van der Waals surface area contributed by atoms with Crippen molar-refractivity contribution in [3.8, 4) is 0 Å². The number of nitrogens with one attached hydrogen (secondary N) is 1. The van der Waals surface area contributed by atoms with E-state index in [1.165, 1.54) is 24.3 Å². The van der Waals surface area contributed by atoms with Gasteiger partial charge in [-0.15, -0.1) is 20.2 Å². The van der Waals surface area contributed by atoms with Crippen LogP contribution < -0.4 is 5.32 Å². The van der Waals surface area contributed by atoms with Crippen molar-refractivity contribution in [2.24, 2.45) is 0 Å². The normalized spacial score (nSPS) is 8.80. The highest BCUT2D eigenvalue weighted by Gasteiger charge is 2.03. The second kappa shape index (κ2) is 8.84. The standard InChI is InChI=1S/C8H9N3O5.HNO3/c12-10(13)8-3-1-7(2-4-8)9-5-6-16-11(14)15;2-1(3)4/h1-4,9H,5-6H2;(H,2,3,4). The molecule has 0 aliphatic rings. The van der Waals surface area contributed by atoms with E-state index in [1.54, 1.807) is 0 Å². The Morgan fingerprint density at radius 3 is 2.00 bits per heavy atom. The summed E-state index contributed by atoms with van der Waals surface area (Å²) in [5.74, 6) is 0. The lowest BCUT2D eigenvalue weighted by Crippen LogP contribution is -2.12. The summed E-state index contributed by atoms with van der Waals surface area (Å²) < 4.78 is 0. The van der Waals surface area contributed by atoms with Gasteiger partial charge in [-0.05, 0) is 12.1 Å². The molecule has 12 heteroatoms. The largest absolute Gasteiger partial charge is 0.383 e. The van der Waals surface area contributed by atoms with Crippen LogP contribution in [-0.2, 0) is 4.84 Å². The van der Waals surface area contributed by atoms with Gasteiger partial charge in [0.1, 0.15) is 6.61 Å². The quantitative estimate of drug-likeness (QED) is 0.437. The molecule has 0 amide bonds. The summed E-state index contributed by atoms with van der Waals surface area (Å²) in [5.41, 5.74) is 0.629. The minimum atomic E-state index is -1.50. The first kappa shape index (κ1) is 16.8. The minimum absolute atomic E-state index is 0.00732. The van der Waals surface area contributed by atoms with Gasteiger partial charge in [0.2, 0.25) is 0 Å². The number of nitrogens with zero attached hydrogens (tertiary/aromatic N) is 3. The van der Waals surface area contributed by atoms with E-state index >= 15 is 0 Å². The molecule has 0 aromatic heterocycles. The third-order valence-corrected chi connectivity index (χ3v) is 1.71. The van der Waals surface area contributed by atoms with Gasteiger partial charge in [0.15, 0.2) is 0 Å². The maximum Gasteiger partial charge on any atom is 0.294 e. The molecule has 0 spiro atoms. The zero-order valence-corrected chi connectivity index (χ0v) is 9.87. The van der Waals surface area contributed by atoms with Gasteiger partial charge in [-0.1, -0.05) is 0 Å². The molecule has 12 nitrogen and oxygen atoms in total. The van der Waals surface area contributed by atoms with E-state index in [4.69, 9.17) is 15.3 Å². The lowest BCUT2D eigenvalue weighted by Gasteiger charge is -2.04. The van der Waals surface area contributed by atoms with E-state index in [0.717, 1.165) is 0 Å². The molecule has 0 heterocycles. The van der Waals surface area contributed by atoms with E-state index in [0.29, 0.717) is 5.69 Å². The second-order valence-corrected chi connectivity index (χ2v) is 3.03. The van der Waals surface area contributed by atoms with Crippen LogP contribution in [0.4, 0.5) is 11.4 Å². The van der Waals surface area contributed by atoms with Crippen molar-refractivity contribution in [1.82, 2.24) is 0 Å². The smallest absolute Gasteiger partial charge is 0.294 e. The number of anilines is 1. The van der Waals surface area contributed by atoms with Crippen LogP contribution in [0.25, 0.3) is 0 Å². The van der Waals surface area contributed by atoms with Gasteiger partial charge < -0.3 is 15.4 Å². The van der Waals surface area contributed by atoms with Gasteiger partial charge in [-0.25, -0.2) is 0 Å². The van der Waals surface area contributed by atoms with Gasteiger partial charge in [0, 0.05) is 24.4 Å². The van der Waals surface area contributed by atoms with Crippen molar-refractivity contribution in [3.63, 3.8) is 0 Å². The Kier molecular flexibility index (Phi) is 7.44. The van der Waals surface area contributed by atoms with Crippen LogP contribution in [0.3, 0.4) is 0 Å². The molecule has 0 fully saturated rings. The summed E-state index contributed by atoms with van der Waals surface area (Å²) in [6.07, 6.45) is 0. The van der Waals surface area contributed by atoms with Crippen molar-refractivity contribution in [1.29, 1.82) is 0 Å². The molecule has 0 aliphatic carbocycles. The second-order valence-electron chi connectivity index (χ2n) is 3.03. The highest BCUT2D eigenvalue weighted by atomic mass is 16.9. The Morgan fingerprint density at radius 1 is 1.10 bits per heavy atom. The number of benzene rings is 1. The molecule has 0 radical (unpaired) electrons. The number of hydrogen-bond acceptors (Lipinski definition) is 8. The first-order chi connectivity index (χ1) is 9.32. The molecule has 1 aromatic carbocycles. The average Bonchev–Trinajstić information content (AvgIpc) is 2.34. The minimum Gasteiger partial charge on any atom is -0.383 e. The van der Waals surface area contributed by atoms with Crippen LogP contribution in [-0.4, -0.2) is 33.5 Å². The average molecular weight is 290 g/mol. The van der Waals surface area contributed by atoms with Gasteiger partial charge >= 0.3 is 0 Å². The fourth-order valence-corrected chi connectivity index (χ4v) is 1.02. The van der Waals surface area contributed by atoms with Gasteiger partial charge in [0.25, 0.3) is 15.9 Å². The third-order valence-electron chi connectivity index (χ3n) is 1.71. The van der Waals surface area contributed by atoms with Crippen molar-refractivity contribution in [2.75, 3.05) is 18.5 Å². The van der Waals surface area contributed by atoms with Crippen LogP contribution in [0.5, 0.6) is 0 Å². The van der Waals surface area contributed by atoms with E-state index in [-0.39, 0.29) is 18.8 Å².